The van der Waals surface area contributed by atoms with E-state index in [1.54, 1.807) is 0 Å². The molecule has 123 heavy (non-hydrogen) atoms. The fourth-order valence-corrected chi connectivity index (χ4v) is 24.2. The summed E-state index contributed by atoms with van der Waals surface area (Å²) in [5, 5.41) is 0. The molecule has 12 aliphatic carbocycles. The van der Waals surface area contributed by atoms with E-state index in [9.17, 15) is 57.5 Å². The van der Waals surface area contributed by atoms with Gasteiger partial charge in [0.05, 0.1) is 90.8 Å². The number of hydrogen-bond donors (Lipinski definition) is 0. The van der Waals surface area contributed by atoms with Gasteiger partial charge < -0.3 is 56.8 Å². The van der Waals surface area contributed by atoms with Gasteiger partial charge in [-0.05, 0) is 222 Å². The highest BCUT2D eigenvalue weighted by atomic mass is 16.6. The van der Waals surface area contributed by atoms with E-state index in [0.29, 0.717) is 99.8 Å². The van der Waals surface area contributed by atoms with Gasteiger partial charge in [-0.1, -0.05) is 157 Å². The molecule has 0 aromatic heterocycles. The molecule has 17 rings (SSSR count). The fraction of sp³-hybridized carbons (Fsp3) is 0.879. The van der Waals surface area contributed by atoms with E-state index in [1.165, 1.54) is 12.8 Å². The quantitative estimate of drug-likeness (QED) is 0.0807. The first kappa shape index (κ1) is 111. The molecule has 0 aromatic rings. The Labute approximate surface area is 741 Å². The van der Waals surface area contributed by atoms with E-state index in [2.05, 4.69) is 6.92 Å². The van der Waals surface area contributed by atoms with Crippen LogP contribution in [-0.4, -0.2) is 145 Å². The Balaban J connectivity index is 0.000000393. The molecule has 30 unspecified atom stereocenters. The van der Waals surface area contributed by atoms with E-state index < -0.39 is 47.8 Å². The van der Waals surface area contributed by atoms with Crippen LogP contribution >= 0.6 is 0 Å². The minimum Gasteiger partial charge on any atom is -0.465 e. The predicted molar refractivity (Wildman–Crippen MR) is 472 cm³/mol. The first-order valence-corrected chi connectivity index (χ1v) is 44.3. The van der Waals surface area contributed by atoms with Crippen LogP contribution in [0.3, 0.4) is 0 Å². The highest BCUT2D eigenvalue weighted by Gasteiger charge is 2.71. The fourth-order valence-electron chi connectivity index (χ4n) is 24.2. The van der Waals surface area contributed by atoms with E-state index in [0.717, 1.165) is 141 Å². The zero-order chi connectivity index (χ0) is 81.0. The van der Waals surface area contributed by atoms with Crippen molar-refractivity contribution >= 4 is 71.6 Å². The number of carbonyl (C=O) groups excluding carboxylic acids is 12. The molecule has 5 aliphatic heterocycles. The van der Waals surface area contributed by atoms with Gasteiger partial charge in [0.15, 0.2) is 0 Å². The number of esters is 12. The van der Waals surface area contributed by atoms with Crippen LogP contribution in [0.15, 0.2) is 0 Å². The molecule has 0 N–H and O–H groups in total. The van der Waals surface area contributed by atoms with Crippen molar-refractivity contribution in [1.29, 1.82) is 0 Å². The number of ether oxygens (including phenoxy) is 12. The molecule has 17 fully saturated rings. The van der Waals surface area contributed by atoms with E-state index in [1.807, 2.05) is 76.2 Å². The summed E-state index contributed by atoms with van der Waals surface area (Å²) in [6, 6.07) is 0. The minimum absolute atomic E-state index is 0. The minimum atomic E-state index is -0.590. The standard InChI is InChI=1S/C23H34O6.C21H30O6.3C15H22O4.10CH4/c1-4-13(3)21(25)28-20-16-8-9-18(20)27-19(24)11-17(16)22(26)29-23(5-2)12-14-6-7-15(23)10-14;1-4-11(2)18(22)25-16-13-10-12-14(19(23)26-17(12)16)15(13)20(24)27-21(3)8-6-5-7-9-21;1-3-9(2)14(17)19-12-5-10-4-11(12)15(6-10)7-13(16)18-8-15;1-3-9(2)13(16)19-12-7-11-6-10(12)8-15(11)4-5-18-14(15)17;1-3-9(2)13(16)19-12-7-10-6-11(12)15(8-10)4-5-18-14(15)17;;;;;;;;;;/h13-18,20H,4-12H2,1-3H3;11-17H,4-10H2,1-3H3;3*9-12H,3-8H2,1-2H3;10*1H4. The second-order valence-electron chi connectivity index (χ2n) is 38.4. The lowest BCUT2D eigenvalue weighted by atomic mass is 9.71. The normalized spacial score (nSPS) is 37.8. The average molecular weight is 1740 g/mol. The van der Waals surface area contributed by atoms with Gasteiger partial charge in [0, 0.05) is 35.0 Å². The lowest BCUT2D eigenvalue weighted by Gasteiger charge is -2.38. The van der Waals surface area contributed by atoms with Crippen molar-refractivity contribution in [3.8, 4) is 0 Å². The van der Waals surface area contributed by atoms with Crippen LogP contribution in [0.25, 0.3) is 0 Å². The molecule has 5 saturated heterocycles. The van der Waals surface area contributed by atoms with Crippen LogP contribution in [0.5, 0.6) is 0 Å². The van der Waals surface area contributed by atoms with Gasteiger partial charge in [-0.3, -0.25) is 57.5 Å². The summed E-state index contributed by atoms with van der Waals surface area (Å²) in [6.07, 6.45) is 25.2. The van der Waals surface area contributed by atoms with E-state index >= 15 is 0 Å². The summed E-state index contributed by atoms with van der Waals surface area (Å²) in [7, 11) is 0. The maximum atomic E-state index is 13.3. The number of carbonyl (C=O) groups is 12. The first-order valence-electron chi connectivity index (χ1n) is 44.3. The number of fused-ring (bicyclic) bond motifs is 14. The van der Waals surface area contributed by atoms with E-state index in [-0.39, 0.29) is 246 Å². The highest BCUT2D eigenvalue weighted by molar-refractivity contribution is 5.87. The van der Waals surface area contributed by atoms with Crippen molar-refractivity contribution in [2.75, 3.05) is 19.8 Å². The summed E-state index contributed by atoms with van der Waals surface area (Å²) >= 11 is 0. The maximum absolute atomic E-state index is 13.3. The largest absolute Gasteiger partial charge is 0.465 e. The van der Waals surface area contributed by atoms with Crippen LogP contribution in [0.2, 0.25) is 0 Å². The Morgan fingerprint density at radius 2 is 0.959 bits per heavy atom. The summed E-state index contributed by atoms with van der Waals surface area (Å²) in [6.45, 7) is 25.0. The maximum Gasteiger partial charge on any atom is 0.312 e. The Morgan fingerprint density at radius 3 is 1.43 bits per heavy atom. The molecule has 24 heteroatoms. The Hall–Kier alpha value is -6.36. The van der Waals surface area contributed by atoms with Gasteiger partial charge in [0.25, 0.3) is 0 Å². The third kappa shape index (κ3) is 21.8. The van der Waals surface area contributed by atoms with Crippen LogP contribution in [0.1, 0.15) is 356 Å². The van der Waals surface area contributed by atoms with Crippen LogP contribution < -0.4 is 0 Å². The second-order valence-corrected chi connectivity index (χ2v) is 38.4. The monoisotopic (exact) mass is 1740 g/mol. The molecule has 0 radical (unpaired) electrons. The smallest absolute Gasteiger partial charge is 0.312 e. The zero-order valence-electron chi connectivity index (χ0n) is 69.4. The van der Waals surface area contributed by atoms with Gasteiger partial charge in [0.1, 0.15) is 53.9 Å². The molecule has 5 heterocycles. The molecule has 12 bridgehead atoms. The van der Waals surface area contributed by atoms with Crippen molar-refractivity contribution in [2.24, 2.45) is 129 Å². The van der Waals surface area contributed by atoms with Gasteiger partial charge in [-0.15, -0.1) is 0 Å². The second kappa shape index (κ2) is 45.1. The van der Waals surface area contributed by atoms with Crippen LogP contribution in [0, 0.1) is 129 Å². The molecular formula is C99H170O24. The average Bonchev–Trinajstić information content (AvgIpc) is 1.54. The van der Waals surface area contributed by atoms with Crippen molar-refractivity contribution in [2.45, 2.75) is 410 Å². The van der Waals surface area contributed by atoms with Crippen molar-refractivity contribution in [1.82, 2.24) is 0 Å². The van der Waals surface area contributed by atoms with Crippen molar-refractivity contribution < 1.29 is 114 Å². The Bertz CT molecular complexity index is 3570. The molecule has 3 spiro atoms. The van der Waals surface area contributed by atoms with Gasteiger partial charge in [0.2, 0.25) is 0 Å². The first-order chi connectivity index (χ1) is 53.9. The summed E-state index contributed by atoms with van der Waals surface area (Å²) < 4.78 is 67.4. The molecule has 710 valence electrons. The molecular weight excluding hydrogens is 1570 g/mol. The van der Waals surface area contributed by atoms with Gasteiger partial charge in [-0.2, -0.15) is 0 Å². The molecule has 30 atom stereocenters. The topological polar surface area (TPSA) is 316 Å². The SMILES string of the molecule is C.C.C.C.C.C.C.C.C.C.CCC(C)C(=O)OC1C2CC3C1OC(=O)C3C2C(=O)OC1(C)CCCCC1.CCC(C)C(=O)OC1C2CCC1C(C(=O)OC1(CC)CC3CCC1C3)CC(=O)O2.CCC(C)C(=O)OC1CC2CC1C1(CCOC1=O)C2.CCC(C)C(=O)OC1CC2CC1C1(COC(=O)C1)C2.CCC(C)C(=O)OC1CC2CC1CC21CCOC1=O. The van der Waals surface area contributed by atoms with Crippen LogP contribution in [0.4, 0.5) is 0 Å². The summed E-state index contributed by atoms with van der Waals surface area (Å²) in [4.78, 5) is 147. The Morgan fingerprint density at radius 1 is 0.439 bits per heavy atom. The third-order valence-corrected chi connectivity index (χ3v) is 31.8. The summed E-state index contributed by atoms with van der Waals surface area (Å²) in [5.41, 5.74) is -1.41. The predicted octanol–water partition coefficient (Wildman–Crippen LogP) is 20.1. The Kier molecular flexibility index (Phi) is 40.6. The van der Waals surface area contributed by atoms with Crippen molar-refractivity contribution in [3.63, 3.8) is 0 Å². The lowest BCUT2D eigenvalue weighted by molar-refractivity contribution is -0.178. The molecule has 0 aromatic carbocycles. The van der Waals surface area contributed by atoms with Gasteiger partial charge in [-0.25, -0.2) is 0 Å². The third-order valence-electron chi connectivity index (χ3n) is 31.8. The van der Waals surface area contributed by atoms with Crippen LogP contribution in [-0.2, 0) is 114 Å². The van der Waals surface area contributed by atoms with E-state index in [4.69, 9.17) is 56.8 Å². The molecule has 24 nitrogen and oxygen atoms in total. The summed E-state index contributed by atoms with van der Waals surface area (Å²) in [5.74, 6) is -1.31. The molecule has 0 amide bonds. The number of rotatable bonds is 20. The highest BCUT2D eigenvalue weighted by Crippen LogP contribution is 2.65. The van der Waals surface area contributed by atoms with Crippen molar-refractivity contribution in [3.05, 3.63) is 0 Å². The molecule has 12 saturated carbocycles. The lowest BCUT2D eigenvalue weighted by Crippen LogP contribution is -2.46. The number of cyclic esters (lactones) is 3. The number of hydrogen-bond acceptors (Lipinski definition) is 24. The van der Waals surface area contributed by atoms with Gasteiger partial charge >= 0.3 is 71.6 Å². The zero-order valence-corrected chi connectivity index (χ0v) is 69.4. The molecule has 17 aliphatic rings.